The van der Waals surface area contributed by atoms with Crippen LogP contribution in [0.3, 0.4) is 0 Å². The van der Waals surface area contributed by atoms with E-state index in [0.29, 0.717) is 12.1 Å². The van der Waals surface area contributed by atoms with Gasteiger partial charge in [0.25, 0.3) is 5.91 Å². The third-order valence-corrected chi connectivity index (χ3v) is 3.11. The lowest BCUT2D eigenvalue weighted by Gasteiger charge is -2.21. The highest BCUT2D eigenvalue weighted by molar-refractivity contribution is 5.98. The summed E-state index contributed by atoms with van der Waals surface area (Å²) in [6.07, 6.45) is 0.811. The van der Waals surface area contributed by atoms with Crippen LogP contribution in [-0.2, 0) is 11.2 Å². The molecule has 0 saturated heterocycles. The Bertz CT molecular complexity index is 529. The predicted molar refractivity (Wildman–Crippen MR) is 75.4 cm³/mol. The Labute approximate surface area is 113 Å². The maximum Gasteiger partial charge on any atom is 0.251 e. The Morgan fingerprint density at radius 2 is 1.95 bits per heavy atom. The summed E-state index contributed by atoms with van der Waals surface area (Å²) in [5, 5.41) is 2.94. The molecule has 2 rings (SSSR count). The molecule has 1 aliphatic rings. The van der Waals surface area contributed by atoms with Gasteiger partial charge >= 0.3 is 0 Å². The van der Waals surface area contributed by atoms with Gasteiger partial charge in [-0.2, -0.15) is 0 Å². The molecule has 1 heterocycles. The van der Waals surface area contributed by atoms with Crippen molar-refractivity contribution in [2.45, 2.75) is 39.7 Å². The molecule has 0 aliphatic carbocycles. The van der Waals surface area contributed by atoms with Crippen LogP contribution in [0.4, 0.5) is 5.69 Å². The summed E-state index contributed by atoms with van der Waals surface area (Å²) < 4.78 is 0. The molecule has 0 unspecified atom stereocenters. The number of carbonyl (C=O) groups excluding carboxylic acids is 2. The molecule has 19 heavy (non-hydrogen) atoms. The zero-order valence-electron chi connectivity index (χ0n) is 11.9. The van der Waals surface area contributed by atoms with Gasteiger partial charge in [0.1, 0.15) is 0 Å². The van der Waals surface area contributed by atoms with E-state index in [1.165, 1.54) is 0 Å². The van der Waals surface area contributed by atoms with E-state index in [0.717, 1.165) is 17.7 Å². The maximum absolute atomic E-state index is 12.1. The van der Waals surface area contributed by atoms with Gasteiger partial charge < -0.3 is 10.2 Å². The fourth-order valence-electron chi connectivity index (χ4n) is 2.28. The van der Waals surface area contributed by atoms with E-state index in [-0.39, 0.29) is 17.4 Å². The molecular weight excluding hydrogens is 240 g/mol. The first-order valence-corrected chi connectivity index (χ1v) is 6.51. The van der Waals surface area contributed by atoms with Crippen LogP contribution >= 0.6 is 0 Å². The molecule has 0 atom stereocenters. The lowest BCUT2D eigenvalue weighted by molar-refractivity contribution is -0.116. The second kappa shape index (κ2) is 4.68. The molecule has 2 amide bonds. The van der Waals surface area contributed by atoms with E-state index in [1.54, 1.807) is 17.9 Å². The van der Waals surface area contributed by atoms with Gasteiger partial charge in [-0.1, -0.05) is 0 Å². The van der Waals surface area contributed by atoms with Crippen molar-refractivity contribution in [2.75, 3.05) is 11.4 Å². The summed E-state index contributed by atoms with van der Waals surface area (Å²) in [6.45, 7) is 8.13. The lowest BCUT2D eigenvalue weighted by Crippen LogP contribution is -2.40. The summed E-state index contributed by atoms with van der Waals surface area (Å²) in [7, 11) is 0. The Morgan fingerprint density at radius 3 is 2.53 bits per heavy atom. The number of fused-ring (bicyclic) bond motifs is 1. The highest BCUT2D eigenvalue weighted by atomic mass is 16.2. The molecule has 4 heteroatoms. The maximum atomic E-state index is 12.1. The largest absolute Gasteiger partial charge is 0.347 e. The molecule has 0 bridgehead atoms. The summed E-state index contributed by atoms with van der Waals surface area (Å²) >= 11 is 0. The molecule has 0 spiro atoms. The molecule has 0 aromatic heterocycles. The van der Waals surface area contributed by atoms with Gasteiger partial charge in [0, 0.05) is 30.3 Å². The molecule has 102 valence electrons. The van der Waals surface area contributed by atoms with Crippen molar-refractivity contribution in [1.29, 1.82) is 0 Å². The first-order valence-electron chi connectivity index (χ1n) is 6.51. The monoisotopic (exact) mass is 260 g/mol. The van der Waals surface area contributed by atoms with Crippen LogP contribution < -0.4 is 10.2 Å². The molecule has 4 nitrogen and oxygen atoms in total. The second-order valence-electron chi connectivity index (χ2n) is 5.97. The SMILES string of the molecule is CC(=O)N1CCc2cc(C(=O)NC(C)(C)C)ccc21. The predicted octanol–water partition coefficient (Wildman–Crippen LogP) is 2.12. The van der Waals surface area contributed by atoms with Gasteiger partial charge in [0.15, 0.2) is 0 Å². The van der Waals surface area contributed by atoms with E-state index in [4.69, 9.17) is 0 Å². The third kappa shape index (κ3) is 2.95. The number of carbonyl (C=O) groups is 2. The van der Waals surface area contributed by atoms with Crippen molar-refractivity contribution in [3.63, 3.8) is 0 Å². The van der Waals surface area contributed by atoms with E-state index in [2.05, 4.69) is 5.32 Å². The van der Waals surface area contributed by atoms with Gasteiger partial charge in [0.2, 0.25) is 5.91 Å². The van der Waals surface area contributed by atoms with E-state index < -0.39 is 0 Å². The molecule has 0 fully saturated rings. The molecule has 1 N–H and O–H groups in total. The van der Waals surface area contributed by atoms with Crippen LogP contribution in [0.5, 0.6) is 0 Å². The van der Waals surface area contributed by atoms with Crippen LogP contribution in [0.25, 0.3) is 0 Å². The Hall–Kier alpha value is -1.84. The van der Waals surface area contributed by atoms with Gasteiger partial charge in [-0.25, -0.2) is 0 Å². The lowest BCUT2D eigenvalue weighted by atomic mass is 10.1. The highest BCUT2D eigenvalue weighted by Crippen LogP contribution is 2.28. The van der Waals surface area contributed by atoms with Crippen molar-refractivity contribution in [3.8, 4) is 0 Å². The molecule has 1 aromatic rings. The average molecular weight is 260 g/mol. The number of benzene rings is 1. The van der Waals surface area contributed by atoms with E-state index >= 15 is 0 Å². The van der Waals surface area contributed by atoms with Crippen molar-refractivity contribution in [3.05, 3.63) is 29.3 Å². The van der Waals surface area contributed by atoms with Crippen molar-refractivity contribution < 1.29 is 9.59 Å². The first kappa shape index (κ1) is 13.6. The van der Waals surface area contributed by atoms with E-state index in [1.807, 2.05) is 32.9 Å². The number of amides is 2. The number of nitrogens with one attached hydrogen (secondary N) is 1. The van der Waals surface area contributed by atoms with Crippen molar-refractivity contribution >= 4 is 17.5 Å². The van der Waals surface area contributed by atoms with Gasteiger partial charge in [-0.05, 0) is 51.0 Å². The average Bonchev–Trinajstić information content (AvgIpc) is 2.68. The Balaban J connectivity index is 2.24. The van der Waals surface area contributed by atoms with Gasteiger partial charge in [0.05, 0.1) is 0 Å². The summed E-state index contributed by atoms with van der Waals surface area (Å²) in [5.41, 5.74) is 2.40. The minimum atomic E-state index is -0.248. The fraction of sp³-hybridized carbons (Fsp3) is 0.467. The number of hydrogen-bond donors (Lipinski definition) is 1. The smallest absolute Gasteiger partial charge is 0.251 e. The van der Waals surface area contributed by atoms with Gasteiger partial charge in [-0.15, -0.1) is 0 Å². The topological polar surface area (TPSA) is 49.4 Å². The Morgan fingerprint density at radius 1 is 1.26 bits per heavy atom. The quantitative estimate of drug-likeness (QED) is 0.841. The van der Waals surface area contributed by atoms with Crippen LogP contribution in [0.1, 0.15) is 43.6 Å². The van der Waals surface area contributed by atoms with Crippen LogP contribution in [-0.4, -0.2) is 23.9 Å². The molecule has 1 aliphatic heterocycles. The summed E-state index contributed by atoms with van der Waals surface area (Å²) in [5.74, 6) is -0.0257. The van der Waals surface area contributed by atoms with Crippen LogP contribution in [0.15, 0.2) is 18.2 Å². The zero-order valence-corrected chi connectivity index (χ0v) is 11.9. The van der Waals surface area contributed by atoms with E-state index in [9.17, 15) is 9.59 Å². The minimum absolute atomic E-state index is 0.0469. The third-order valence-electron chi connectivity index (χ3n) is 3.11. The normalized spacial score (nSPS) is 14.2. The minimum Gasteiger partial charge on any atom is -0.347 e. The summed E-state index contributed by atoms with van der Waals surface area (Å²) in [4.78, 5) is 25.3. The first-order chi connectivity index (χ1) is 8.78. The Kier molecular flexibility index (Phi) is 3.35. The number of nitrogens with zero attached hydrogens (tertiary/aromatic N) is 1. The molecule has 0 saturated carbocycles. The van der Waals surface area contributed by atoms with Crippen LogP contribution in [0, 0.1) is 0 Å². The number of hydrogen-bond acceptors (Lipinski definition) is 2. The van der Waals surface area contributed by atoms with Gasteiger partial charge in [-0.3, -0.25) is 9.59 Å². The standard InChI is InChI=1S/C15H20N2O2/c1-10(18)17-8-7-11-9-12(5-6-13(11)17)14(19)16-15(2,3)4/h5-6,9H,7-8H2,1-4H3,(H,16,19). The molecular formula is C15H20N2O2. The summed E-state index contributed by atoms with van der Waals surface area (Å²) in [6, 6.07) is 5.53. The second-order valence-corrected chi connectivity index (χ2v) is 5.97. The number of rotatable bonds is 1. The highest BCUT2D eigenvalue weighted by Gasteiger charge is 2.23. The zero-order chi connectivity index (χ0) is 14.2. The van der Waals surface area contributed by atoms with Crippen molar-refractivity contribution in [2.24, 2.45) is 0 Å². The van der Waals surface area contributed by atoms with Crippen molar-refractivity contribution in [1.82, 2.24) is 5.32 Å². The number of anilines is 1. The molecule has 1 aromatic carbocycles. The van der Waals surface area contributed by atoms with Crippen LogP contribution in [0.2, 0.25) is 0 Å². The fourth-order valence-corrected chi connectivity index (χ4v) is 2.28. The molecule has 0 radical (unpaired) electrons.